The molecule has 0 aromatic rings. The van der Waals surface area contributed by atoms with Crippen molar-refractivity contribution in [3.05, 3.63) is 0 Å². The van der Waals surface area contributed by atoms with E-state index in [1.54, 1.807) is 0 Å². The van der Waals surface area contributed by atoms with Crippen LogP contribution in [0.15, 0.2) is 0 Å². The molecule has 7 heavy (non-hydrogen) atoms. The summed E-state index contributed by atoms with van der Waals surface area (Å²) in [5.74, 6) is 1.13. The predicted molar refractivity (Wildman–Crippen MR) is 38.2 cm³/mol. The van der Waals surface area contributed by atoms with E-state index < -0.39 is 0 Å². The normalized spacial score (nSPS) is 19.9. The third-order valence-electron chi connectivity index (χ3n) is 1.63. The zero-order chi connectivity index (χ0) is 4.41. The molecule has 1 aliphatic carbocycles. The monoisotopic (exact) mass is 173 g/mol. The summed E-state index contributed by atoms with van der Waals surface area (Å²) in [6.45, 7) is 0. The fourth-order valence-corrected chi connectivity index (χ4v) is 1.36. The Labute approximate surface area is 68.3 Å². The molecule has 1 fully saturated rings. The number of rotatable bonds is 1. The molecule has 39 valence electrons. The second kappa shape index (κ2) is 4.16. The average molecular weight is 174 g/mol. The maximum Gasteiger partial charge on any atom is 0.222 e. The van der Waals surface area contributed by atoms with Gasteiger partial charge in [-0.2, -0.15) is 4.55 Å². The van der Waals surface area contributed by atoms with Crippen LogP contribution in [-0.4, -0.2) is 21.7 Å². The molecule has 0 bridgehead atoms. The Bertz CT molecular complexity index is 40.6. The van der Waals surface area contributed by atoms with Crippen LogP contribution in [-0.2, 0) is 0 Å². The molecule has 0 amide bonds. The maximum absolute atomic E-state index is 2.11. The lowest BCUT2D eigenvalue weighted by Crippen LogP contribution is -2.08. The highest BCUT2D eigenvalue weighted by Gasteiger charge is 2.12. The van der Waals surface area contributed by atoms with E-state index in [9.17, 15) is 0 Å². The van der Waals surface area contributed by atoms with E-state index in [0.717, 1.165) is 5.92 Å². The molecular weight excluding hydrogens is 164 g/mol. The quantitative estimate of drug-likeness (QED) is 0.533. The van der Waals surface area contributed by atoms with E-state index >= 15 is 0 Å². The molecule has 1 saturated carbocycles. The highest BCUT2D eigenvalue weighted by molar-refractivity contribution is 8.93. The minimum atomic E-state index is 0. The second-order valence-corrected chi connectivity index (χ2v) is 2.66. The Balaban J connectivity index is 0.000000360. The summed E-state index contributed by atoms with van der Waals surface area (Å²) in [7, 11) is 0. The molecule has 1 aliphatic rings. The minimum absolute atomic E-state index is 0. The van der Waals surface area contributed by atoms with Gasteiger partial charge in [0.15, 0.2) is 0 Å². The van der Waals surface area contributed by atoms with Crippen molar-refractivity contribution in [2.24, 2.45) is 5.92 Å². The van der Waals surface area contributed by atoms with E-state index in [0.29, 0.717) is 0 Å². The Kier molecular flexibility index (Phi) is 4.90. The summed E-state index contributed by atoms with van der Waals surface area (Å²) in [5, 5.41) is 0. The number of hydrogen-bond acceptors (Lipinski definition) is 0. The Morgan fingerprint density at radius 3 is 2.00 bits per heavy atom. The van der Waals surface area contributed by atoms with Crippen molar-refractivity contribution in [2.45, 2.75) is 23.8 Å². The molecule has 0 aromatic heterocycles. The van der Waals surface area contributed by atoms with Crippen LogP contribution in [0.1, 0.15) is 19.3 Å². The Morgan fingerprint density at radius 2 is 2.00 bits per heavy atom. The van der Waals surface area contributed by atoms with Crippen molar-refractivity contribution in [1.29, 1.82) is 0 Å². The largest absolute Gasteiger partial charge is 0.222 e. The molecule has 0 spiro atoms. The lowest BCUT2D eigenvalue weighted by Gasteiger charge is -2.24. The van der Waals surface area contributed by atoms with Crippen molar-refractivity contribution in [3.8, 4) is 0 Å². The van der Waals surface area contributed by atoms with Crippen molar-refractivity contribution in [1.82, 2.24) is 0 Å². The van der Waals surface area contributed by atoms with Gasteiger partial charge in [0.2, 0.25) is 21.7 Å². The van der Waals surface area contributed by atoms with Crippen molar-refractivity contribution in [2.75, 3.05) is 0 Å². The molecule has 0 saturated heterocycles. The summed E-state index contributed by atoms with van der Waals surface area (Å²) in [4.78, 5) is 0. The zero-order valence-corrected chi connectivity index (χ0v) is 7.65. The van der Waals surface area contributed by atoms with Gasteiger partial charge in [0.25, 0.3) is 0 Å². The molecule has 0 unspecified atom stereocenters. The van der Waals surface area contributed by atoms with Gasteiger partial charge < -0.3 is 0 Å². The summed E-state index contributed by atoms with van der Waals surface area (Å²) in [5.41, 5.74) is 0. The van der Waals surface area contributed by atoms with Gasteiger partial charge in [-0.05, 0) is 0 Å². The average Bonchev–Trinajstić information content (AvgIpc) is 1.31. The standard InChI is InChI=1S/C5H9.BrH.Mg/c1-5-3-2-4-5;;/h5H,1-4H2;1H;. The molecule has 1 radical (unpaired) electrons. The Hall–Kier alpha value is 1.25. The van der Waals surface area contributed by atoms with Crippen LogP contribution >= 0.6 is 17.0 Å². The first-order chi connectivity index (χ1) is 2.93. The summed E-state index contributed by atoms with van der Waals surface area (Å²) >= 11 is 2.11. The molecule has 0 atom stereocenters. The van der Waals surface area contributed by atoms with Gasteiger partial charge in [-0.3, -0.25) is 0 Å². The van der Waals surface area contributed by atoms with Crippen LogP contribution in [0.5, 0.6) is 0 Å². The van der Waals surface area contributed by atoms with Crippen LogP contribution in [0.4, 0.5) is 0 Å². The molecule has 0 heterocycles. The third-order valence-corrected chi connectivity index (χ3v) is 2.45. The Morgan fingerprint density at radius 1 is 1.43 bits per heavy atom. The molecule has 0 nitrogen and oxygen atoms in total. The van der Waals surface area contributed by atoms with Gasteiger partial charge in [0.05, 0.1) is 0 Å². The van der Waals surface area contributed by atoms with E-state index in [1.807, 2.05) is 0 Å². The number of halogens is 1. The highest BCUT2D eigenvalue weighted by atomic mass is 79.9. The lowest BCUT2D eigenvalue weighted by atomic mass is 9.87. The van der Waals surface area contributed by atoms with Crippen LogP contribution in [0.25, 0.3) is 0 Å². The first-order valence-corrected chi connectivity index (χ1v) is 3.72. The van der Waals surface area contributed by atoms with Crippen molar-refractivity contribution >= 4 is 38.7 Å². The summed E-state index contributed by atoms with van der Waals surface area (Å²) in [6.07, 6.45) is 4.54. The second-order valence-electron chi connectivity index (χ2n) is 2.09. The van der Waals surface area contributed by atoms with Gasteiger partial charge >= 0.3 is 0 Å². The van der Waals surface area contributed by atoms with Crippen molar-refractivity contribution < 1.29 is 0 Å². The van der Waals surface area contributed by atoms with E-state index in [-0.39, 0.29) is 17.0 Å². The van der Waals surface area contributed by atoms with Gasteiger partial charge in [0.1, 0.15) is 0 Å². The maximum atomic E-state index is 2.11. The van der Waals surface area contributed by atoms with E-state index in [2.05, 4.69) is 21.7 Å². The highest BCUT2D eigenvalue weighted by Crippen LogP contribution is 2.28. The van der Waals surface area contributed by atoms with Gasteiger partial charge in [0, 0.05) is 0 Å². The van der Waals surface area contributed by atoms with Crippen LogP contribution in [0.3, 0.4) is 0 Å². The van der Waals surface area contributed by atoms with Gasteiger partial charge in [-0.25, -0.2) is 0 Å². The molecular formula is C5H10BrMg. The molecule has 1 rings (SSSR count). The van der Waals surface area contributed by atoms with Crippen molar-refractivity contribution in [3.63, 3.8) is 0 Å². The van der Waals surface area contributed by atoms with Gasteiger partial charge in [-0.15, -0.1) is 17.0 Å². The third kappa shape index (κ3) is 2.33. The van der Waals surface area contributed by atoms with Crippen LogP contribution in [0.2, 0.25) is 4.55 Å². The summed E-state index contributed by atoms with van der Waals surface area (Å²) in [6, 6.07) is 0. The smallest absolute Gasteiger partial charge is 0.174 e. The van der Waals surface area contributed by atoms with Crippen LogP contribution in [0, 0.1) is 5.92 Å². The molecule has 2 heteroatoms. The summed E-state index contributed by atoms with van der Waals surface area (Å²) < 4.78 is 1.44. The SMILES string of the molecule is Br.[Mg][CH2]C1CCC1. The zero-order valence-electron chi connectivity index (χ0n) is 4.52. The predicted octanol–water partition coefficient (Wildman–Crippen LogP) is 1.95. The molecule has 0 aromatic carbocycles. The van der Waals surface area contributed by atoms with E-state index in [1.165, 1.54) is 23.8 Å². The molecule has 0 N–H and O–H groups in total. The molecule has 0 aliphatic heterocycles. The topological polar surface area (TPSA) is 0 Å². The fraction of sp³-hybridized carbons (Fsp3) is 1.00. The lowest BCUT2D eigenvalue weighted by molar-refractivity contribution is 0.347. The first-order valence-electron chi connectivity index (χ1n) is 2.72. The number of hydrogen-bond donors (Lipinski definition) is 0. The van der Waals surface area contributed by atoms with Crippen LogP contribution < -0.4 is 0 Å². The minimum Gasteiger partial charge on any atom is -0.174 e. The fourth-order valence-electron chi connectivity index (χ4n) is 0.781. The van der Waals surface area contributed by atoms with E-state index in [4.69, 9.17) is 0 Å². The first kappa shape index (κ1) is 8.25. The van der Waals surface area contributed by atoms with Gasteiger partial charge in [-0.1, -0.05) is 25.2 Å².